The first-order valence-electron chi connectivity index (χ1n) is 11.0. The summed E-state index contributed by atoms with van der Waals surface area (Å²) in [6.07, 6.45) is 4.73. The number of H-pyrrole nitrogens is 1. The predicted octanol–water partition coefficient (Wildman–Crippen LogP) is 6.26. The van der Waals surface area contributed by atoms with E-state index in [1.807, 2.05) is 18.2 Å². The van der Waals surface area contributed by atoms with E-state index < -0.39 is 10.0 Å². The molecule has 35 heavy (non-hydrogen) atoms. The van der Waals surface area contributed by atoms with E-state index in [-0.39, 0.29) is 21.7 Å². The van der Waals surface area contributed by atoms with E-state index in [1.54, 1.807) is 36.7 Å². The summed E-state index contributed by atoms with van der Waals surface area (Å²) in [4.78, 5) is 12.0. The quantitative estimate of drug-likeness (QED) is 0.305. The van der Waals surface area contributed by atoms with Crippen LogP contribution in [0.5, 0.6) is 0 Å². The van der Waals surface area contributed by atoms with Crippen molar-refractivity contribution in [1.29, 1.82) is 0 Å². The number of sulfonamides is 1. The van der Waals surface area contributed by atoms with Crippen LogP contribution in [0.25, 0.3) is 22.6 Å². The molecule has 3 heterocycles. The highest BCUT2D eigenvalue weighted by Crippen LogP contribution is 2.34. The second kappa shape index (κ2) is 9.81. The number of rotatable bonds is 5. The lowest BCUT2D eigenvalue weighted by atomic mass is 9.94. The monoisotopic (exact) mass is 574 g/mol. The van der Waals surface area contributed by atoms with Gasteiger partial charge in [-0.25, -0.2) is 17.8 Å². The fourth-order valence-electron chi connectivity index (χ4n) is 4.28. The maximum atomic E-state index is 13.9. The first-order chi connectivity index (χ1) is 16.8. The molecule has 1 aliphatic rings. The van der Waals surface area contributed by atoms with Crippen molar-refractivity contribution in [3.05, 3.63) is 88.0 Å². The molecule has 5 rings (SSSR count). The van der Waals surface area contributed by atoms with E-state index in [2.05, 4.69) is 30.9 Å². The second-order valence-electron chi connectivity index (χ2n) is 8.35. The van der Waals surface area contributed by atoms with Gasteiger partial charge < -0.3 is 4.98 Å². The van der Waals surface area contributed by atoms with Gasteiger partial charge in [-0.05, 0) is 71.2 Å². The Labute approximate surface area is 216 Å². The number of pyridine rings is 1. The maximum Gasteiger partial charge on any atom is 0.244 e. The second-order valence-corrected chi connectivity index (χ2v) is 11.5. The number of halogens is 3. The summed E-state index contributed by atoms with van der Waals surface area (Å²) in [5.74, 6) is 0.310. The van der Waals surface area contributed by atoms with Gasteiger partial charge in [0.1, 0.15) is 16.5 Å². The average Bonchev–Trinajstić information content (AvgIpc) is 3.37. The van der Waals surface area contributed by atoms with Crippen molar-refractivity contribution in [2.75, 3.05) is 13.1 Å². The fourth-order valence-corrected chi connectivity index (χ4v) is 6.49. The van der Waals surface area contributed by atoms with Crippen LogP contribution in [0.15, 0.2) is 76.4 Å². The van der Waals surface area contributed by atoms with Gasteiger partial charge in [0.25, 0.3) is 0 Å². The Morgan fingerprint density at radius 1 is 1.03 bits per heavy atom. The third-order valence-corrected chi connectivity index (χ3v) is 9.21. The maximum absolute atomic E-state index is 13.9. The largest absolute Gasteiger partial charge is 0.338 e. The first-order valence-corrected chi connectivity index (χ1v) is 13.7. The Hall–Kier alpha value is -2.59. The van der Waals surface area contributed by atoms with Crippen molar-refractivity contribution in [3.63, 3.8) is 0 Å². The molecule has 0 radical (unpaired) electrons. The Kier molecular flexibility index (Phi) is 6.76. The van der Waals surface area contributed by atoms with Crippen molar-refractivity contribution < 1.29 is 12.8 Å². The highest BCUT2D eigenvalue weighted by Gasteiger charge is 2.32. The van der Waals surface area contributed by atoms with Crippen LogP contribution in [-0.4, -0.2) is 40.8 Å². The van der Waals surface area contributed by atoms with Gasteiger partial charge in [0.15, 0.2) is 0 Å². The lowest BCUT2D eigenvalue weighted by molar-refractivity contribution is 0.316. The lowest BCUT2D eigenvalue weighted by Gasteiger charge is -2.31. The third kappa shape index (κ3) is 4.91. The van der Waals surface area contributed by atoms with E-state index in [9.17, 15) is 12.8 Å². The topological polar surface area (TPSA) is 79.0 Å². The minimum absolute atomic E-state index is 0.0422. The van der Waals surface area contributed by atoms with Gasteiger partial charge >= 0.3 is 0 Å². The van der Waals surface area contributed by atoms with Crippen LogP contribution in [0, 0.1) is 5.82 Å². The molecule has 2 aromatic carbocycles. The Morgan fingerprint density at radius 3 is 2.51 bits per heavy atom. The smallest absolute Gasteiger partial charge is 0.244 e. The van der Waals surface area contributed by atoms with E-state index in [0.717, 1.165) is 5.69 Å². The molecule has 2 aromatic heterocycles. The highest BCUT2D eigenvalue weighted by atomic mass is 79.9. The minimum Gasteiger partial charge on any atom is -0.338 e. The Bertz CT molecular complexity index is 1470. The van der Waals surface area contributed by atoms with Crippen LogP contribution in [0.1, 0.15) is 24.5 Å². The number of hydrogen-bond donors (Lipinski definition) is 1. The molecule has 0 aliphatic carbocycles. The molecule has 0 saturated carbocycles. The third-order valence-electron chi connectivity index (χ3n) is 6.19. The normalized spacial score (nSPS) is 15.4. The summed E-state index contributed by atoms with van der Waals surface area (Å²) >= 11 is 9.50. The number of benzene rings is 2. The van der Waals surface area contributed by atoms with Gasteiger partial charge in [-0.2, -0.15) is 4.31 Å². The number of nitrogens with one attached hydrogen (secondary N) is 1. The number of aromatic nitrogens is 3. The molecule has 4 aromatic rings. The van der Waals surface area contributed by atoms with Gasteiger partial charge in [-0.15, -0.1) is 0 Å². The van der Waals surface area contributed by atoms with Gasteiger partial charge in [-0.1, -0.05) is 23.7 Å². The summed E-state index contributed by atoms with van der Waals surface area (Å²) in [5.41, 5.74) is 2.80. The molecule has 6 nitrogen and oxygen atoms in total. The molecule has 10 heteroatoms. The molecule has 1 aliphatic heterocycles. The molecule has 1 saturated heterocycles. The van der Waals surface area contributed by atoms with Gasteiger partial charge in [0.05, 0.1) is 21.4 Å². The van der Waals surface area contributed by atoms with Crippen molar-refractivity contribution in [2.24, 2.45) is 0 Å². The zero-order valence-corrected chi connectivity index (χ0v) is 21.6. The highest BCUT2D eigenvalue weighted by molar-refractivity contribution is 9.10. The molecule has 0 amide bonds. The molecule has 0 atom stereocenters. The molecule has 1 fully saturated rings. The van der Waals surface area contributed by atoms with Gasteiger partial charge in [0, 0.05) is 42.0 Å². The summed E-state index contributed by atoms with van der Waals surface area (Å²) in [6.45, 7) is 0.786. The van der Waals surface area contributed by atoms with Gasteiger partial charge in [-0.3, -0.25) is 4.98 Å². The number of nitrogens with zero attached hydrogens (tertiary/aromatic N) is 3. The summed E-state index contributed by atoms with van der Waals surface area (Å²) in [5, 5.41) is 0.155. The van der Waals surface area contributed by atoms with E-state index in [0.29, 0.717) is 53.0 Å². The standard InChI is InChI=1S/C25H21BrClFN4O2S/c26-19-6-4-17(13-21(19)28)23-15-30-25(31-23)18-5-7-20(27)24(14-18)35(33,34)32-11-8-16(9-12-32)22-3-1-2-10-29-22/h1-7,10,13-16H,8-9,11-12H2,(H,30,31). The number of piperidine rings is 1. The molecular formula is C25H21BrClFN4O2S. The van der Waals surface area contributed by atoms with Crippen molar-refractivity contribution in [3.8, 4) is 22.6 Å². The summed E-state index contributed by atoms with van der Waals surface area (Å²) < 4.78 is 42.8. The molecular weight excluding hydrogens is 555 g/mol. The molecule has 0 spiro atoms. The average molecular weight is 576 g/mol. The van der Waals surface area contributed by atoms with Crippen LogP contribution >= 0.6 is 27.5 Å². The fraction of sp³-hybridized carbons (Fsp3) is 0.200. The van der Waals surface area contributed by atoms with Crippen molar-refractivity contribution in [2.45, 2.75) is 23.7 Å². The molecule has 0 bridgehead atoms. The molecule has 0 unspecified atom stereocenters. The number of hydrogen-bond acceptors (Lipinski definition) is 4. The molecule has 180 valence electrons. The van der Waals surface area contributed by atoms with Crippen LogP contribution in [0.4, 0.5) is 4.39 Å². The van der Waals surface area contributed by atoms with Crippen molar-refractivity contribution in [1.82, 2.24) is 19.3 Å². The van der Waals surface area contributed by atoms with Crippen molar-refractivity contribution >= 4 is 37.6 Å². The van der Waals surface area contributed by atoms with E-state index in [4.69, 9.17) is 11.6 Å². The first kappa shape index (κ1) is 24.1. The summed E-state index contributed by atoms with van der Waals surface area (Å²) in [7, 11) is -3.80. The number of imidazole rings is 1. The minimum atomic E-state index is -3.80. The number of aromatic amines is 1. The summed E-state index contributed by atoms with van der Waals surface area (Å²) in [6, 6.07) is 15.4. The van der Waals surface area contributed by atoms with Crippen LogP contribution in [-0.2, 0) is 10.0 Å². The Morgan fingerprint density at radius 2 is 1.80 bits per heavy atom. The zero-order chi connectivity index (χ0) is 24.6. The van der Waals surface area contributed by atoms with Crippen LogP contribution in [0.3, 0.4) is 0 Å². The molecule has 1 N–H and O–H groups in total. The van der Waals surface area contributed by atoms with Gasteiger partial charge in [0.2, 0.25) is 10.0 Å². The lowest BCUT2D eigenvalue weighted by Crippen LogP contribution is -2.38. The van der Waals surface area contributed by atoms with E-state index in [1.165, 1.54) is 16.4 Å². The van der Waals surface area contributed by atoms with Crippen LogP contribution in [0.2, 0.25) is 5.02 Å². The van der Waals surface area contributed by atoms with E-state index >= 15 is 0 Å². The SMILES string of the molecule is O=S(=O)(c1cc(-c2ncc(-c3ccc(Br)c(F)c3)[nH]2)ccc1Cl)N1CCC(c2ccccn2)CC1. The van der Waals surface area contributed by atoms with Crippen LogP contribution < -0.4 is 0 Å². The zero-order valence-electron chi connectivity index (χ0n) is 18.5. The Balaban J connectivity index is 1.38. The predicted molar refractivity (Wildman–Crippen MR) is 137 cm³/mol.